The van der Waals surface area contributed by atoms with E-state index in [0.29, 0.717) is 0 Å². The molecule has 0 saturated carbocycles. The Bertz CT molecular complexity index is 3190. The van der Waals surface area contributed by atoms with Crippen molar-refractivity contribution in [2.75, 3.05) is 4.90 Å². The van der Waals surface area contributed by atoms with Gasteiger partial charge in [-0.25, -0.2) is 0 Å². The van der Waals surface area contributed by atoms with Crippen LogP contribution in [0.5, 0.6) is 0 Å². The molecule has 0 aliphatic carbocycles. The van der Waals surface area contributed by atoms with Gasteiger partial charge in [-0.3, -0.25) is 0 Å². The smallest absolute Gasteiger partial charge is 0.145 e. The van der Waals surface area contributed by atoms with Crippen LogP contribution in [0.1, 0.15) is 0 Å². The zero-order valence-corrected chi connectivity index (χ0v) is 29.8. The fraction of sp³-hybridized carbons (Fsp3) is 0. The van der Waals surface area contributed by atoms with Crippen molar-refractivity contribution >= 4 is 71.7 Å². The number of fused-ring (bicyclic) bond motifs is 7. The second kappa shape index (κ2) is 12.6. The lowest BCUT2D eigenvalue weighted by atomic mass is 9.97. The number of benzene rings is 9. The highest BCUT2D eigenvalue weighted by atomic mass is 16.3. The lowest BCUT2D eigenvalue weighted by Crippen LogP contribution is -2.11. The lowest BCUT2D eigenvalue weighted by molar-refractivity contribution is 0.670. The molecule has 11 aromatic rings. The number of rotatable bonds is 6. The van der Waals surface area contributed by atoms with Crippen LogP contribution >= 0.6 is 0 Å². The molecular weight excluding hydrogens is 671 g/mol. The van der Waals surface area contributed by atoms with Crippen molar-refractivity contribution in [3.63, 3.8) is 0 Å². The zero-order chi connectivity index (χ0) is 36.3. The van der Waals surface area contributed by atoms with Gasteiger partial charge in [0.15, 0.2) is 0 Å². The van der Waals surface area contributed by atoms with Gasteiger partial charge in [0, 0.05) is 27.6 Å². The predicted octanol–water partition coefficient (Wildman–Crippen LogP) is 15.1. The average Bonchev–Trinajstić information content (AvgIpc) is 3.84. The van der Waals surface area contributed by atoms with Gasteiger partial charge in [-0.2, -0.15) is 0 Å². The minimum absolute atomic E-state index is 0.836. The van der Waals surface area contributed by atoms with E-state index in [1.807, 2.05) is 12.1 Å². The minimum Gasteiger partial charge on any atom is -0.455 e. The number of anilines is 3. The van der Waals surface area contributed by atoms with Crippen LogP contribution in [0.4, 0.5) is 17.1 Å². The third kappa shape index (κ3) is 5.05. The summed E-state index contributed by atoms with van der Waals surface area (Å²) < 4.78 is 13.6. The quantitative estimate of drug-likeness (QED) is 0.173. The molecule has 3 heteroatoms. The van der Waals surface area contributed by atoms with E-state index in [2.05, 4.69) is 193 Å². The van der Waals surface area contributed by atoms with Crippen molar-refractivity contribution in [2.45, 2.75) is 0 Å². The molecule has 2 heterocycles. The molecule has 0 bridgehead atoms. The van der Waals surface area contributed by atoms with Crippen molar-refractivity contribution in [3.8, 4) is 33.4 Å². The summed E-state index contributed by atoms with van der Waals surface area (Å²) in [6, 6.07) is 70.7. The Morgan fingerprint density at radius 3 is 1.65 bits per heavy atom. The van der Waals surface area contributed by atoms with Gasteiger partial charge in [-0.15, -0.1) is 0 Å². The number of hydrogen-bond donors (Lipinski definition) is 0. The van der Waals surface area contributed by atoms with Crippen LogP contribution in [0.25, 0.3) is 88.0 Å². The largest absolute Gasteiger partial charge is 0.455 e. The normalized spacial score (nSPS) is 11.6. The summed E-state index contributed by atoms with van der Waals surface area (Å²) in [5, 5.41) is 6.72. The first-order chi connectivity index (χ1) is 27.3. The average molecular weight is 704 g/mol. The Labute approximate surface area is 317 Å². The Kier molecular flexibility index (Phi) is 7.17. The third-order valence-electron chi connectivity index (χ3n) is 10.9. The molecule has 0 aliphatic heterocycles. The summed E-state index contributed by atoms with van der Waals surface area (Å²) in [4.78, 5) is 2.39. The first-order valence-electron chi connectivity index (χ1n) is 18.7. The molecule has 0 radical (unpaired) electrons. The van der Waals surface area contributed by atoms with Crippen LogP contribution < -0.4 is 4.90 Å². The Hall–Kier alpha value is -7.36. The highest BCUT2D eigenvalue weighted by Gasteiger charge is 2.25. The maximum Gasteiger partial charge on any atom is 0.145 e. The number of hydrogen-bond acceptors (Lipinski definition) is 3. The van der Waals surface area contributed by atoms with Gasteiger partial charge in [0.05, 0.1) is 22.1 Å². The van der Waals surface area contributed by atoms with E-state index in [1.165, 1.54) is 21.9 Å². The van der Waals surface area contributed by atoms with Crippen LogP contribution in [0.3, 0.4) is 0 Å². The molecule has 0 fully saturated rings. The van der Waals surface area contributed by atoms with Gasteiger partial charge in [-0.1, -0.05) is 158 Å². The summed E-state index contributed by atoms with van der Waals surface area (Å²) in [6.45, 7) is 0. The van der Waals surface area contributed by atoms with Crippen LogP contribution in [-0.2, 0) is 0 Å². The van der Waals surface area contributed by atoms with Crippen LogP contribution in [0, 0.1) is 0 Å². The van der Waals surface area contributed by atoms with Gasteiger partial charge >= 0.3 is 0 Å². The maximum absolute atomic E-state index is 6.79. The molecule has 3 nitrogen and oxygen atoms in total. The first-order valence-corrected chi connectivity index (χ1v) is 18.7. The molecule has 258 valence electrons. The van der Waals surface area contributed by atoms with Gasteiger partial charge in [0.2, 0.25) is 0 Å². The number of nitrogens with zero attached hydrogens (tertiary/aromatic N) is 1. The summed E-state index contributed by atoms with van der Waals surface area (Å²) in [7, 11) is 0. The van der Waals surface area contributed by atoms with E-state index < -0.39 is 0 Å². The maximum atomic E-state index is 6.79. The predicted molar refractivity (Wildman–Crippen MR) is 229 cm³/mol. The van der Waals surface area contributed by atoms with E-state index in [1.54, 1.807) is 0 Å². The molecule has 0 unspecified atom stereocenters. The highest BCUT2D eigenvalue weighted by Crippen LogP contribution is 2.49. The molecule has 0 amide bonds. The minimum atomic E-state index is 0.836. The number of para-hydroxylation sites is 2. The molecule has 9 aromatic carbocycles. The van der Waals surface area contributed by atoms with Crippen molar-refractivity contribution < 1.29 is 8.83 Å². The third-order valence-corrected chi connectivity index (χ3v) is 10.9. The van der Waals surface area contributed by atoms with Crippen LogP contribution in [0.2, 0.25) is 0 Å². The van der Waals surface area contributed by atoms with Gasteiger partial charge < -0.3 is 13.7 Å². The van der Waals surface area contributed by atoms with E-state index in [9.17, 15) is 0 Å². The number of furan rings is 2. The van der Waals surface area contributed by atoms with E-state index in [4.69, 9.17) is 8.83 Å². The summed E-state index contributed by atoms with van der Waals surface area (Å²) in [5.41, 5.74) is 13.2. The fourth-order valence-corrected chi connectivity index (χ4v) is 8.38. The lowest BCUT2D eigenvalue weighted by Gasteiger charge is -2.27. The summed E-state index contributed by atoms with van der Waals surface area (Å²) in [5.74, 6) is 0. The van der Waals surface area contributed by atoms with E-state index in [-0.39, 0.29) is 0 Å². The zero-order valence-electron chi connectivity index (χ0n) is 29.8. The Morgan fingerprint density at radius 2 is 0.855 bits per heavy atom. The highest BCUT2D eigenvalue weighted by molar-refractivity contribution is 6.20. The van der Waals surface area contributed by atoms with Crippen molar-refractivity contribution in [1.82, 2.24) is 0 Å². The van der Waals surface area contributed by atoms with Crippen molar-refractivity contribution in [2.24, 2.45) is 0 Å². The topological polar surface area (TPSA) is 29.5 Å². The summed E-state index contributed by atoms with van der Waals surface area (Å²) >= 11 is 0. The Balaban J connectivity index is 1.20. The van der Waals surface area contributed by atoms with Gasteiger partial charge in [-0.05, 0) is 75.5 Å². The first kappa shape index (κ1) is 31.2. The standard InChI is InChI=1S/C52H33NO2/c1-3-14-35(15-4-1)41-23-12-24-44-49-45(25-13-27-48(49)55-51(41)44)53(38-30-28-37(29-31-38)40-22-11-19-34-18-7-8-20-39(34)40)46-33-32-42(36-16-5-2-6-17-36)52-50(46)43-21-9-10-26-47(43)54-52/h1-33H. The SMILES string of the molecule is c1ccc(-c2cccc3c2oc2cccc(N(c4ccc(-c5cccc6ccccc56)cc4)c4ccc(-c5ccccc5)c5oc6ccccc6c45)c23)cc1. The Morgan fingerprint density at radius 1 is 0.309 bits per heavy atom. The molecule has 0 spiro atoms. The van der Waals surface area contributed by atoms with Crippen molar-refractivity contribution in [3.05, 3.63) is 200 Å². The van der Waals surface area contributed by atoms with Gasteiger partial charge in [0.1, 0.15) is 22.3 Å². The van der Waals surface area contributed by atoms with Crippen LogP contribution in [-0.4, -0.2) is 0 Å². The molecule has 0 saturated heterocycles. The monoisotopic (exact) mass is 703 g/mol. The molecule has 0 aliphatic rings. The van der Waals surface area contributed by atoms with Gasteiger partial charge in [0.25, 0.3) is 0 Å². The molecule has 0 N–H and O–H groups in total. The molecule has 11 rings (SSSR count). The molecule has 0 atom stereocenters. The molecular formula is C52H33NO2. The molecule has 55 heavy (non-hydrogen) atoms. The van der Waals surface area contributed by atoms with E-state index >= 15 is 0 Å². The van der Waals surface area contributed by atoms with Crippen LogP contribution in [0.15, 0.2) is 209 Å². The summed E-state index contributed by atoms with van der Waals surface area (Å²) in [6.07, 6.45) is 0. The second-order valence-electron chi connectivity index (χ2n) is 14.0. The van der Waals surface area contributed by atoms with Crippen molar-refractivity contribution in [1.29, 1.82) is 0 Å². The second-order valence-corrected chi connectivity index (χ2v) is 14.0. The fourth-order valence-electron chi connectivity index (χ4n) is 8.38. The van der Waals surface area contributed by atoms with E-state index in [0.717, 1.165) is 83.2 Å². The molecule has 2 aromatic heterocycles.